The van der Waals surface area contributed by atoms with E-state index in [0.29, 0.717) is 11.6 Å². The summed E-state index contributed by atoms with van der Waals surface area (Å²) >= 11 is 0. The number of carbonyl (C=O) groups is 1. The van der Waals surface area contributed by atoms with Gasteiger partial charge in [0.15, 0.2) is 0 Å². The van der Waals surface area contributed by atoms with Crippen LogP contribution in [0.1, 0.15) is 30.3 Å². The molecule has 1 unspecified atom stereocenters. The van der Waals surface area contributed by atoms with Gasteiger partial charge >= 0.3 is 0 Å². The topological polar surface area (TPSA) is 63.2 Å². The van der Waals surface area contributed by atoms with Crippen LogP contribution in [0.15, 0.2) is 18.3 Å². The van der Waals surface area contributed by atoms with Crippen LogP contribution in [0.4, 0.5) is 5.69 Å². The molecule has 19 heavy (non-hydrogen) atoms. The molecule has 5 nitrogen and oxygen atoms in total. The predicted octanol–water partition coefficient (Wildman–Crippen LogP) is 1.67. The van der Waals surface area contributed by atoms with Crippen LogP contribution in [-0.4, -0.2) is 37.2 Å². The molecule has 104 valence electrons. The smallest absolute Gasteiger partial charge is 0.270 e. The van der Waals surface area contributed by atoms with Gasteiger partial charge in [-0.1, -0.05) is 0 Å². The van der Waals surface area contributed by atoms with Crippen molar-refractivity contribution >= 4 is 11.6 Å². The number of hydrogen-bond donors (Lipinski definition) is 2. The van der Waals surface area contributed by atoms with E-state index in [1.165, 1.54) is 0 Å². The zero-order valence-electron chi connectivity index (χ0n) is 11.5. The Morgan fingerprint density at radius 2 is 2.21 bits per heavy atom. The Hall–Kier alpha value is -1.62. The molecule has 0 aromatic carbocycles. The van der Waals surface area contributed by atoms with Gasteiger partial charge in [0.2, 0.25) is 0 Å². The van der Waals surface area contributed by atoms with Crippen molar-refractivity contribution in [3.05, 3.63) is 24.0 Å². The van der Waals surface area contributed by atoms with E-state index in [-0.39, 0.29) is 11.9 Å². The number of anilines is 1. The Morgan fingerprint density at radius 3 is 2.89 bits per heavy atom. The summed E-state index contributed by atoms with van der Waals surface area (Å²) in [5.74, 6) is 0.376. The standard InChI is InChI=1S/C14H21N3O2/c1-10(11-4-7-19-8-5-11)17-14(18)13-9-12(15-2)3-6-16-13/h3,6,9-11H,4-5,7-8H2,1-2H3,(H,15,16)(H,17,18). The Labute approximate surface area is 113 Å². The lowest BCUT2D eigenvalue weighted by molar-refractivity contribution is 0.0537. The van der Waals surface area contributed by atoms with Gasteiger partial charge in [-0.3, -0.25) is 9.78 Å². The summed E-state index contributed by atoms with van der Waals surface area (Å²) in [5.41, 5.74) is 1.34. The lowest BCUT2D eigenvalue weighted by atomic mass is 9.93. The van der Waals surface area contributed by atoms with Crippen LogP contribution in [0.2, 0.25) is 0 Å². The SMILES string of the molecule is CNc1ccnc(C(=O)NC(C)C2CCOCC2)c1. The predicted molar refractivity (Wildman–Crippen MR) is 74.3 cm³/mol. The summed E-state index contributed by atoms with van der Waals surface area (Å²) in [6.07, 6.45) is 3.65. The van der Waals surface area contributed by atoms with E-state index in [9.17, 15) is 4.79 Å². The minimum absolute atomic E-state index is 0.115. The lowest BCUT2D eigenvalue weighted by Gasteiger charge is -2.28. The van der Waals surface area contributed by atoms with Crippen LogP contribution in [0, 0.1) is 5.92 Å². The molecule has 0 radical (unpaired) electrons. The molecule has 0 bridgehead atoms. The van der Waals surface area contributed by atoms with E-state index in [4.69, 9.17) is 4.74 Å². The number of rotatable bonds is 4. The third-order valence-electron chi connectivity index (χ3n) is 3.61. The van der Waals surface area contributed by atoms with Crippen LogP contribution in [0.3, 0.4) is 0 Å². The van der Waals surface area contributed by atoms with Gasteiger partial charge in [0.1, 0.15) is 5.69 Å². The molecular weight excluding hydrogens is 242 g/mol. The van der Waals surface area contributed by atoms with Crippen LogP contribution >= 0.6 is 0 Å². The quantitative estimate of drug-likeness (QED) is 0.867. The lowest BCUT2D eigenvalue weighted by Crippen LogP contribution is -2.40. The Bertz CT molecular complexity index is 430. The first-order chi connectivity index (χ1) is 9.20. The third kappa shape index (κ3) is 3.67. The van der Waals surface area contributed by atoms with Gasteiger partial charge in [-0.2, -0.15) is 0 Å². The number of ether oxygens (including phenoxy) is 1. The fourth-order valence-corrected chi connectivity index (χ4v) is 2.32. The van der Waals surface area contributed by atoms with E-state index < -0.39 is 0 Å². The molecule has 5 heteroatoms. The molecule has 0 spiro atoms. The first-order valence-corrected chi connectivity index (χ1v) is 6.73. The molecule has 2 N–H and O–H groups in total. The monoisotopic (exact) mass is 263 g/mol. The van der Waals surface area contributed by atoms with Crippen molar-refractivity contribution in [2.75, 3.05) is 25.6 Å². The first-order valence-electron chi connectivity index (χ1n) is 6.73. The van der Waals surface area contributed by atoms with Crippen molar-refractivity contribution in [1.82, 2.24) is 10.3 Å². The van der Waals surface area contributed by atoms with Crippen LogP contribution < -0.4 is 10.6 Å². The molecule has 1 aromatic rings. The molecule has 1 aliphatic heterocycles. The Balaban J connectivity index is 1.95. The summed E-state index contributed by atoms with van der Waals surface area (Å²) in [6, 6.07) is 3.74. The summed E-state index contributed by atoms with van der Waals surface area (Å²) in [4.78, 5) is 16.2. The van der Waals surface area contributed by atoms with E-state index in [2.05, 4.69) is 22.5 Å². The van der Waals surface area contributed by atoms with Gasteiger partial charge in [0.25, 0.3) is 5.91 Å². The molecular formula is C14H21N3O2. The Kier molecular flexibility index (Phi) is 4.74. The minimum atomic E-state index is -0.115. The molecule has 1 saturated heterocycles. The number of aromatic nitrogens is 1. The normalized spacial score (nSPS) is 17.8. The van der Waals surface area contributed by atoms with Crippen LogP contribution in [-0.2, 0) is 4.74 Å². The van der Waals surface area contributed by atoms with Crippen molar-refractivity contribution in [1.29, 1.82) is 0 Å². The zero-order chi connectivity index (χ0) is 13.7. The van der Waals surface area contributed by atoms with Crippen LogP contribution in [0.25, 0.3) is 0 Å². The molecule has 1 aliphatic rings. The second kappa shape index (κ2) is 6.52. The van der Waals surface area contributed by atoms with Crippen molar-refractivity contribution in [2.24, 2.45) is 5.92 Å². The van der Waals surface area contributed by atoms with Crippen molar-refractivity contribution < 1.29 is 9.53 Å². The summed E-state index contributed by atoms with van der Waals surface area (Å²) < 4.78 is 5.34. The first kappa shape index (κ1) is 13.8. The molecule has 1 aromatic heterocycles. The number of nitrogens with one attached hydrogen (secondary N) is 2. The van der Waals surface area contributed by atoms with Gasteiger partial charge in [-0.15, -0.1) is 0 Å². The maximum Gasteiger partial charge on any atom is 0.270 e. The second-order valence-corrected chi connectivity index (χ2v) is 4.89. The van der Waals surface area contributed by atoms with Crippen molar-refractivity contribution in [2.45, 2.75) is 25.8 Å². The van der Waals surface area contributed by atoms with E-state index >= 15 is 0 Å². The third-order valence-corrected chi connectivity index (χ3v) is 3.61. The van der Waals surface area contributed by atoms with Gasteiger partial charge in [-0.25, -0.2) is 0 Å². The highest BCUT2D eigenvalue weighted by molar-refractivity contribution is 5.93. The zero-order valence-corrected chi connectivity index (χ0v) is 11.5. The summed E-state index contributed by atoms with van der Waals surface area (Å²) in [5, 5.41) is 6.03. The maximum atomic E-state index is 12.1. The number of hydrogen-bond acceptors (Lipinski definition) is 4. The van der Waals surface area contributed by atoms with E-state index in [1.54, 1.807) is 12.3 Å². The fourth-order valence-electron chi connectivity index (χ4n) is 2.32. The number of carbonyl (C=O) groups excluding carboxylic acids is 1. The second-order valence-electron chi connectivity index (χ2n) is 4.89. The van der Waals surface area contributed by atoms with Gasteiger partial charge in [0.05, 0.1) is 0 Å². The number of amides is 1. The molecule has 1 fully saturated rings. The van der Waals surface area contributed by atoms with E-state index in [1.807, 2.05) is 13.1 Å². The maximum absolute atomic E-state index is 12.1. The molecule has 0 saturated carbocycles. The fraction of sp³-hybridized carbons (Fsp3) is 0.571. The molecule has 2 heterocycles. The number of nitrogens with zero attached hydrogens (tertiary/aromatic N) is 1. The minimum Gasteiger partial charge on any atom is -0.388 e. The average molecular weight is 263 g/mol. The van der Waals surface area contributed by atoms with E-state index in [0.717, 1.165) is 31.7 Å². The summed E-state index contributed by atoms with van der Waals surface area (Å²) in [6.45, 7) is 3.63. The molecule has 0 aliphatic carbocycles. The van der Waals surface area contributed by atoms with Gasteiger partial charge < -0.3 is 15.4 Å². The van der Waals surface area contributed by atoms with Crippen LogP contribution in [0.5, 0.6) is 0 Å². The highest BCUT2D eigenvalue weighted by atomic mass is 16.5. The largest absolute Gasteiger partial charge is 0.388 e. The molecule has 1 atom stereocenters. The Morgan fingerprint density at radius 1 is 1.47 bits per heavy atom. The molecule has 2 rings (SSSR count). The summed E-state index contributed by atoms with van der Waals surface area (Å²) in [7, 11) is 1.82. The highest BCUT2D eigenvalue weighted by Crippen LogP contribution is 2.18. The molecule has 1 amide bonds. The number of pyridine rings is 1. The van der Waals surface area contributed by atoms with Gasteiger partial charge in [0, 0.05) is 38.2 Å². The highest BCUT2D eigenvalue weighted by Gasteiger charge is 2.22. The average Bonchev–Trinajstić information content (AvgIpc) is 2.48. The van der Waals surface area contributed by atoms with Gasteiger partial charge in [-0.05, 0) is 37.8 Å². The van der Waals surface area contributed by atoms with Crippen molar-refractivity contribution in [3.63, 3.8) is 0 Å². The van der Waals surface area contributed by atoms with Crippen molar-refractivity contribution in [3.8, 4) is 0 Å².